The fourth-order valence-corrected chi connectivity index (χ4v) is 6.35. The molecule has 1 unspecified atom stereocenters. The van der Waals surface area contributed by atoms with Crippen molar-refractivity contribution < 1.29 is 74.5 Å². The van der Waals surface area contributed by atoms with Crippen molar-refractivity contribution in [1.29, 1.82) is 0 Å². The van der Waals surface area contributed by atoms with E-state index in [1.54, 1.807) is 6.08 Å². The van der Waals surface area contributed by atoms with Crippen LogP contribution in [0.4, 0.5) is 19.7 Å². The first-order chi connectivity index (χ1) is 21.1. The molecule has 45 heavy (non-hydrogen) atoms. The van der Waals surface area contributed by atoms with Gasteiger partial charge in [0.05, 0.1) is 12.2 Å². The van der Waals surface area contributed by atoms with E-state index < -0.39 is 92.6 Å². The number of phosphoric acid groups is 1. The Bertz CT molecular complexity index is 1420. The second-order valence-corrected chi connectivity index (χ2v) is 13.5. The molecule has 1 aliphatic heterocycles. The van der Waals surface area contributed by atoms with E-state index >= 15 is 4.39 Å². The topological polar surface area (TPSA) is 214 Å². The molecule has 1 saturated heterocycles. The minimum Gasteiger partial charge on any atom is -0.506 e. The highest BCUT2D eigenvalue weighted by Crippen LogP contribution is 2.50. The molecule has 1 aromatic rings. The minimum absolute atomic E-state index is 0.0330. The van der Waals surface area contributed by atoms with E-state index in [4.69, 9.17) is 23.0 Å². The zero-order chi connectivity index (χ0) is 33.5. The van der Waals surface area contributed by atoms with E-state index in [1.807, 2.05) is 0 Å². The number of phenols is 1. The van der Waals surface area contributed by atoms with Crippen molar-refractivity contribution in [1.82, 2.24) is 4.31 Å². The van der Waals surface area contributed by atoms with Crippen LogP contribution in [0.1, 0.15) is 46.1 Å². The Morgan fingerprint density at radius 1 is 1.04 bits per heavy atom. The number of aliphatic hydroxyl groups excluding tert-OH is 1. The van der Waals surface area contributed by atoms with Crippen molar-refractivity contribution >= 4 is 47.5 Å². The number of ether oxygens (including phenoxy) is 4. The zero-order valence-electron chi connectivity index (χ0n) is 24.7. The summed E-state index contributed by atoms with van der Waals surface area (Å²) in [5.41, 5.74) is -0.374. The number of nitrogens with zero attached hydrogens (tertiary/aromatic N) is 2. The molecule has 0 spiro atoms. The number of hydrogen-bond donors (Lipinski definition) is 2. The molecule has 1 fully saturated rings. The van der Waals surface area contributed by atoms with Gasteiger partial charge in [0.25, 0.3) is 5.91 Å². The van der Waals surface area contributed by atoms with Crippen molar-refractivity contribution in [2.45, 2.75) is 52.7 Å². The van der Waals surface area contributed by atoms with Gasteiger partial charge in [0.1, 0.15) is 24.7 Å². The Morgan fingerprint density at radius 3 is 2.13 bits per heavy atom. The monoisotopic (exact) mass is 684 g/mol. The summed E-state index contributed by atoms with van der Waals surface area (Å²) in [6, 6.07) is 2.30. The van der Waals surface area contributed by atoms with Crippen LogP contribution in [0.25, 0.3) is 5.57 Å². The third-order valence-corrected chi connectivity index (χ3v) is 9.05. The Labute approximate surface area is 258 Å². The predicted octanol–water partition coefficient (Wildman–Crippen LogP) is 3.36. The number of benzene rings is 1. The van der Waals surface area contributed by atoms with Gasteiger partial charge in [0.2, 0.25) is 13.6 Å². The van der Waals surface area contributed by atoms with Crippen molar-refractivity contribution in [2.75, 3.05) is 37.8 Å². The average Bonchev–Trinajstić information content (AvgIpc) is 3.48. The Balaban J connectivity index is 1.78. The summed E-state index contributed by atoms with van der Waals surface area (Å²) < 4.78 is 89.2. The summed E-state index contributed by atoms with van der Waals surface area (Å²) in [4.78, 5) is 36.0. The van der Waals surface area contributed by atoms with Crippen LogP contribution in [0.15, 0.2) is 18.2 Å². The van der Waals surface area contributed by atoms with Crippen LogP contribution in [-0.4, -0.2) is 86.8 Å². The van der Waals surface area contributed by atoms with E-state index in [0.29, 0.717) is 22.7 Å². The highest BCUT2D eigenvalue weighted by molar-refractivity contribution is 7.91. The lowest BCUT2D eigenvalue weighted by atomic mass is 10.00. The molecule has 2 aliphatic rings. The molecule has 2 N–H and O–H groups in total. The first kappa shape index (κ1) is 36.0. The summed E-state index contributed by atoms with van der Waals surface area (Å²) in [6.07, 6.45) is -1.18. The van der Waals surface area contributed by atoms with Gasteiger partial charge in [-0.1, -0.05) is 6.08 Å². The van der Waals surface area contributed by atoms with Gasteiger partial charge in [-0.3, -0.25) is 9.32 Å². The summed E-state index contributed by atoms with van der Waals surface area (Å²) in [5, 5.41) is 19.8. The number of aliphatic hydroxyl groups is 1. The van der Waals surface area contributed by atoms with Gasteiger partial charge < -0.3 is 29.2 Å². The molecule has 1 amide bonds. The maximum atomic E-state index is 15.7. The maximum Gasteiger partial charge on any atom is 0.510 e. The Morgan fingerprint density at radius 2 is 1.62 bits per heavy atom. The number of phenolic OH excluding ortho intramolecular Hbond substituents is 1. The average molecular weight is 685 g/mol. The van der Waals surface area contributed by atoms with Crippen LogP contribution in [0, 0.1) is 11.7 Å². The molecular formula is C25H34FN2O15PS. The third kappa shape index (κ3) is 9.27. The van der Waals surface area contributed by atoms with Gasteiger partial charge in [-0.25, -0.2) is 31.9 Å². The standard InChI is InChI=1S/C25H34FN2O15PS/c1-15(2)42-24(32)37-13-40-44(34,41-14-38-25(33)43-16(3)4)39-12-28-21(31)10-27(45(28,35)36)23-20(30)8-7-19(22(23)26)18-6-5-17(9-18)11-29/h6-8,15-17,29-30H,5,9-14H2,1-4H3. The minimum atomic E-state index is -4.97. The zero-order valence-corrected chi connectivity index (χ0v) is 26.5. The van der Waals surface area contributed by atoms with E-state index in [9.17, 15) is 37.6 Å². The van der Waals surface area contributed by atoms with Gasteiger partial charge in [-0.15, -0.1) is 0 Å². The highest BCUT2D eigenvalue weighted by atomic mass is 32.2. The molecule has 0 bridgehead atoms. The van der Waals surface area contributed by atoms with Crippen LogP contribution in [0.2, 0.25) is 0 Å². The molecule has 0 aromatic heterocycles. The number of anilines is 1. The fraction of sp³-hybridized carbons (Fsp3) is 0.560. The molecule has 252 valence electrons. The number of aromatic hydroxyl groups is 1. The molecule has 17 nitrogen and oxygen atoms in total. The molecule has 1 heterocycles. The van der Waals surface area contributed by atoms with Crippen molar-refractivity contribution in [3.05, 3.63) is 29.6 Å². The van der Waals surface area contributed by atoms with Crippen LogP contribution in [0.5, 0.6) is 5.75 Å². The Kier molecular flexibility index (Phi) is 12.2. The van der Waals surface area contributed by atoms with Crippen LogP contribution >= 0.6 is 7.82 Å². The SMILES string of the molecule is CC(C)OC(=O)OCOP(=O)(OCOC(=O)OC(C)C)OCN1C(=O)CN(c2c(O)ccc(C3=CCC(CO)C3)c2F)S1(=O)=O. The second-order valence-electron chi connectivity index (χ2n) is 10.1. The quantitative estimate of drug-likeness (QED) is 0.163. The maximum absolute atomic E-state index is 15.7. The van der Waals surface area contributed by atoms with E-state index in [2.05, 4.69) is 9.47 Å². The summed E-state index contributed by atoms with van der Waals surface area (Å²) in [5.74, 6) is -3.26. The number of phosphoric ester groups is 1. The molecule has 1 atom stereocenters. The molecule has 0 saturated carbocycles. The lowest BCUT2D eigenvalue weighted by molar-refractivity contribution is -0.126. The lowest BCUT2D eigenvalue weighted by Crippen LogP contribution is -2.36. The van der Waals surface area contributed by atoms with E-state index in [1.165, 1.54) is 33.8 Å². The first-order valence-corrected chi connectivity index (χ1v) is 16.3. The molecule has 1 aliphatic carbocycles. The van der Waals surface area contributed by atoms with Gasteiger partial charge in [0.15, 0.2) is 5.82 Å². The number of allylic oxidation sites excluding steroid dienone is 2. The summed E-state index contributed by atoms with van der Waals surface area (Å²) in [7, 11) is -9.93. The molecular weight excluding hydrogens is 650 g/mol. The highest BCUT2D eigenvalue weighted by Gasteiger charge is 2.46. The van der Waals surface area contributed by atoms with Gasteiger partial charge in [0, 0.05) is 12.2 Å². The number of hydrogen-bond acceptors (Lipinski definition) is 15. The number of halogens is 1. The molecule has 20 heteroatoms. The number of rotatable bonds is 14. The molecule has 1 aromatic carbocycles. The predicted molar refractivity (Wildman–Crippen MR) is 150 cm³/mol. The summed E-state index contributed by atoms with van der Waals surface area (Å²) >= 11 is 0. The van der Waals surface area contributed by atoms with Crippen LogP contribution in [-0.2, 0) is 52.1 Å². The first-order valence-electron chi connectivity index (χ1n) is 13.4. The number of amides is 1. The normalized spacial score (nSPS) is 18.0. The largest absolute Gasteiger partial charge is 0.510 e. The lowest BCUT2D eigenvalue weighted by Gasteiger charge is -2.23. The molecule has 3 rings (SSSR count). The van der Waals surface area contributed by atoms with Crippen LogP contribution in [0.3, 0.4) is 0 Å². The third-order valence-electron chi connectivity index (χ3n) is 6.04. The number of carbonyl (C=O) groups excluding carboxylic acids is 3. The van der Waals surface area contributed by atoms with Crippen molar-refractivity contribution in [3.8, 4) is 5.75 Å². The fourth-order valence-electron chi connectivity index (χ4n) is 4.02. The molecule has 0 radical (unpaired) electrons. The smallest absolute Gasteiger partial charge is 0.506 e. The van der Waals surface area contributed by atoms with Gasteiger partial charge in [-0.2, -0.15) is 12.7 Å². The van der Waals surface area contributed by atoms with E-state index in [-0.39, 0.29) is 22.4 Å². The second kappa shape index (κ2) is 15.2. The van der Waals surface area contributed by atoms with Crippen LogP contribution < -0.4 is 4.31 Å². The van der Waals surface area contributed by atoms with Crippen molar-refractivity contribution in [2.24, 2.45) is 5.92 Å². The summed E-state index contributed by atoms with van der Waals surface area (Å²) in [6.45, 7) is 1.42. The van der Waals surface area contributed by atoms with Crippen molar-refractivity contribution in [3.63, 3.8) is 0 Å². The Hall–Kier alpha value is -3.48. The van der Waals surface area contributed by atoms with Gasteiger partial charge >= 0.3 is 30.3 Å². The van der Waals surface area contributed by atoms with E-state index in [0.717, 1.165) is 6.07 Å². The number of carbonyl (C=O) groups is 3. The van der Waals surface area contributed by atoms with Gasteiger partial charge in [-0.05, 0) is 64.2 Å².